The maximum atomic E-state index is 13.0. The van der Waals surface area contributed by atoms with E-state index in [1.54, 1.807) is 4.90 Å². The zero-order chi connectivity index (χ0) is 17.2. The maximum Gasteiger partial charge on any atom is 0.317 e. The summed E-state index contributed by atoms with van der Waals surface area (Å²) in [7, 11) is 1.39. The Morgan fingerprint density at radius 3 is 2.83 bits per heavy atom. The lowest BCUT2D eigenvalue weighted by atomic mass is 9.84. The molecule has 1 saturated heterocycles. The second-order valence-corrected chi connectivity index (χ2v) is 6.50. The fourth-order valence-corrected chi connectivity index (χ4v) is 2.99. The van der Waals surface area contributed by atoms with Crippen molar-refractivity contribution in [1.29, 1.82) is 0 Å². The highest BCUT2D eigenvalue weighted by molar-refractivity contribution is 5.75. The average Bonchev–Trinajstić information content (AvgIpc) is 3.11. The van der Waals surface area contributed by atoms with E-state index in [-0.39, 0.29) is 36.6 Å². The summed E-state index contributed by atoms with van der Waals surface area (Å²) >= 11 is 0. The quantitative estimate of drug-likeness (QED) is 0.855. The van der Waals surface area contributed by atoms with E-state index in [0.717, 1.165) is 17.5 Å². The molecule has 0 bridgehead atoms. The van der Waals surface area contributed by atoms with E-state index in [4.69, 9.17) is 0 Å². The number of likely N-dealkylation sites (tertiary alicyclic amines) is 1. The lowest BCUT2D eigenvalue weighted by Crippen LogP contribution is -2.49. The van der Waals surface area contributed by atoms with E-state index in [9.17, 15) is 18.7 Å². The highest BCUT2D eigenvalue weighted by Gasteiger charge is 2.39. The molecular formula is C14H23F2N5O2. The number of urea groups is 1. The van der Waals surface area contributed by atoms with Crippen LogP contribution in [0.1, 0.15) is 44.5 Å². The van der Waals surface area contributed by atoms with Gasteiger partial charge in [-0.05, 0) is 12.8 Å². The van der Waals surface area contributed by atoms with Gasteiger partial charge < -0.3 is 15.3 Å². The molecule has 1 fully saturated rings. The van der Waals surface area contributed by atoms with E-state index in [1.165, 1.54) is 7.05 Å². The Morgan fingerprint density at radius 1 is 1.52 bits per heavy atom. The summed E-state index contributed by atoms with van der Waals surface area (Å²) in [6.45, 7) is 4.26. The Kier molecular flexibility index (Phi) is 5.18. The van der Waals surface area contributed by atoms with Gasteiger partial charge in [0.25, 0.3) is 6.43 Å². The molecular weight excluding hydrogens is 308 g/mol. The molecule has 1 atom stereocenters. The third kappa shape index (κ3) is 3.60. The number of hydrogen-bond acceptors (Lipinski definition) is 4. The monoisotopic (exact) mass is 331 g/mol. The van der Waals surface area contributed by atoms with Gasteiger partial charge >= 0.3 is 6.03 Å². The molecule has 2 amide bonds. The number of hydrogen-bond donors (Lipinski definition) is 2. The number of halogens is 2. The van der Waals surface area contributed by atoms with Crippen molar-refractivity contribution in [2.75, 3.05) is 13.2 Å². The van der Waals surface area contributed by atoms with Crippen LogP contribution in [-0.4, -0.2) is 50.2 Å². The van der Waals surface area contributed by atoms with Gasteiger partial charge in [-0.25, -0.2) is 18.3 Å². The zero-order valence-corrected chi connectivity index (χ0v) is 13.6. The topological polar surface area (TPSA) is 83.3 Å². The molecule has 2 N–H and O–H groups in total. The van der Waals surface area contributed by atoms with Crippen LogP contribution < -0.4 is 5.32 Å². The highest BCUT2D eigenvalue weighted by atomic mass is 19.3. The first-order chi connectivity index (χ1) is 10.8. The summed E-state index contributed by atoms with van der Waals surface area (Å²) in [4.78, 5) is 14.0. The van der Waals surface area contributed by atoms with Crippen LogP contribution in [-0.2, 0) is 13.6 Å². The van der Waals surface area contributed by atoms with E-state index in [0.29, 0.717) is 6.54 Å². The number of rotatable bonds is 5. The molecule has 0 spiro atoms. The molecule has 23 heavy (non-hydrogen) atoms. The van der Waals surface area contributed by atoms with E-state index < -0.39 is 11.8 Å². The lowest BCUT2D eigenvalue weighted by molar-refractivity contribution is 0.0758. The van der Waals surface area contributed by atoms with Crippen molar-refractivity contribution in [2.45, 2.75) is 45.7 Å². The molecule has 7 nitrogen and oxygen atoms in total. The van der Waals surface area contributed by atoms with Gasteiger partial charge in [-0.1, -0.05) is 19.1 Å². The van der Waals surface area contributed by atoms with Gasteiger partial charge in [0, 0.05) is 25.0 Å². The Balaban J connectivity index is 2.03. The molecule has 0 saturated carbocycles. The van der Waals surface area contributed by atoms with E-state index >= 15 is 0 Å². The van der Waals surface area contributed by atoms with Crippen molar-refractivity contribution in [3.8, 4) is 0 Å². The van der Waals surface area contributed by atoms with Crippen LogP contribution in [0.5, 0.6) is 0 Å². The van der Waals surface area contributed by atoms with Crippen molar-refractivity contribution in [3.05, 3.63) is 11.4 Å². The molecule has 1 aromatic rings. The lowest BCUT2D eigenvalue weighted by Gasteiger charge is -2.36. The number of aliphatic hydroxyl groups excluding tert-OH is 1. The molecule has 1 aliphatic heterocycles. The van der Waals surface area contributed by atoms with Crippen LogP contribution >= 0.6 is 0 Å². The number of aromatic nitrogens is 3. The summed E-state index contributed by atoms with van der Waals surface area (Å²) in [5.74, 6) is 0. The van der Waals surface area contributed by atoms with Crippen molar-refractivity contribution < 1.29 is 18.7 Å². The predicted molar refractivity (Wildman–Crippen MR) is 78.8 cm³/mol. The third-order valence-electron chi connectivity index (χ3n) is 4.38. The molecule has 9 heteroatoms. The minimum absolute atomic E-state index is 0.0266. The first kappa shape index (κ1) is 17.6. The van der Waals surface area contributed by atoms with Gasteiger partial charge in [-0.3, -0.25) is 0 Å². The second kappa shape index (κ2) is 6.77. The van der Waals surface area contributed by atoms with Gasteiger partial charge in [-0.2, -0.15) is 0 Å². The Morgan fingerprint density at radius 2 is 2.22 bits per heavy atom. The minimum atomic E-state index is -2.70. The fraction of sp³-hybridized carbons (Fsp3) is 0.786. The van der Waals surface area contributed by atoms with Crippen molar-refractivity contribution >= 4 is 6.03 Å². The van der Waals surface area contributed by atoms with Crippen molar-refractivity contribution in [1.82, 2.24) is 25.2 Å². The Hall–Kier alpha value is -1.77. The van der Waals surface area contributed by atoms with Crippen LogP contribution in [0, 0.1) is 5.41 Å². The fourth-order valence-electron chi connectivity index (χ4n) is 2.99. The molecule has 2 heterocycles. The zero-order valence-electron chi connectivity index (χ0n) is 13.6. The number of carbonyl (C=O) groups is 1. The van der Waals surface area contributed by atoms with E-state index in [2.05, 4.69) is 15.6 Å². The first-order valence-corrected chi connectivity index (χ1v) is 7.60. The van der Waals surface area contributed by atoms with Crippen LogP contribution in [0.2, 0.25) is 0 Å². The molecule has 0 aliphatic carbocycles. The van der Waals surface area contributed by atoms with Gasteiger partial charge in [0.15, 0.2) is 0 Å². The summed E-state index contributed by atoms with van der Waals surface area (Å²) in [5.41, 5.74) is -0.638. The molecule has 0 aromatic carbocycles. The van der Waals surface area contributed by atoms with Gasteiger partial charge in [0.05, 0.1) is 13.2 Å². The number of nitrogens with one attached hydrogen (secondary N) is 1. The summed E-state index contributed by atoms with van der Waals surface area (Å²) in [6.07, 6.45) is -1.03. The minimum Gasteiger partial charge on any atom is -0.396 e. The third-order valence-corrected chi connectivity index (χ3v) is 4.38. The summed E-state index contributed by atoms with van der Waals surface area (Å²) in [5, 5.41) is 19.4. The van der Waals surface area contributed by atoms with Crippen molar-refractivity contribution in [3.63, 3.8) is 0 Å². The molecule has 1 aliphatic rings. The highest BCUT2D eigenvalue weighted by Crippen LogP contribution is 2.32. The Labute approximate surface area is 133 Å². The Bertz CT molecular complexity index is 561. The first-order valence-electron chi connectivity index (χ1n) is 7.60. The van der Waals surface area contributed by atoms with Crippen LogP contribution in [0.15, 0.2) is 0 Å². The maximum absolute atomic E-state index is 13.0. The van der Waals surface area contributed by atoms with Crippen LogP contribution in [0.25, 0.3) is 0 Å². The van der Waals surface area contributed by atoms with Crippen LogP contribution in [0.3, 0.4) is 0 Å². The normalized spacial score (nSPS) is 18.7. The van der Waals surface area contributed by atoms with Gasteiger partial charge in [-0.15, -0.1) is 5.10 Å². The number of aryl methyl sites for hydroxylation is 1. The number of aliphatic hydroxyl groups is 1. The smallest absolute Gasteiger partial charge is 0.317 e. The van der Waals surface area contributed by atoms with Crippen molar-refractivity contribution in [2.24, 2.45) is 12.5 Å². The predicted octanol–water partition coefficient (Wildman–Crippen LogP) is 1.45. The van der Waals surface area contributed by atoms with E-state index in [1.807, 2.05) is 13.8 Å². The molecule has 1 aromatic heterocycles. The largest absolute Gasteiger partial charge is 0.396 e. The van der Waals surface area contributed by atoms with Gasteiger partial charge in [0.1, 0.15) is 11.4 Å². The number of nitrogens with zero attached hydrogens (tertiary/aromatic N) is 4. The average molecular weight is 331 g/mol. The molecule has 130 valence electrons. The standard InChI is InChI=1S/C14H23F2N5O2/c1-14(2,8-22)10-5-4-6-21(10)13(23)17-7-9-11(12(15)16)20(3)19-18-9/h10,12,22H,4-8H2,1-3H3,(H,17,23). The van der Waals surface area contributed by atoms with Crippen LogP contribution in [0.4, 0.5) is 13.6 Å². The SMILES string of the molecule is Cn1nnc(CNC(=O)N2CCCC2C(C)(C)CO)c1C(F)F. The molecule has 0 radical (unpaired) electrons. The van der Waals surface area contributed by atoms with Gasteiger partial charge in [0.2, 0.25) is 0 Å². The summed E-state index contributed by atoms with van der Waals surface area (Å²) < 4.78 is 26.9. The second-order valence-electron chi connectivity index (χ2n) is 6.50. The summed E-state index contributed by atoms with van der Waals surface area (Å²) in [6, 6.07) is -0.413. The number of alkyl halides is 2. The number of carbonyl (C=O) groups excluding carboxylic acids is 1. The number of amides is 2. The molecule has 1 unspecified atom stereocenters. The molecule has 2 rings (SSSR count).